The van der Waals surface area contributed by atoms with E-state index in [1.807, 2.05) is 24.3 Å². The molecule has 1 fully saturated rings. The number of para-hydroxylation sites is 2. The van der Waals surface area contributed by atoms with E-state index < -0.39 is 0 Å². The molecule has 0 unspecified atom stereocenters. The molecule has 4 rings (SSSR count). The first-order chi connectivity index (χ1) is 14.4. The van der Waals surface area contributed by atoms with Gasteiger partial charge < -0.3 is 20.2 Å². The van der Waals surface area contributed by atoms with Gasteiger partial charge in [0, 0.05) is 19.0 Å². The molecule has 2 aromatic heterocycles. The molecule has 0 radical (unpaired) electrons. The van der Waals surface area contributed by atoms with Crippen LogP contribution in [0, 0.1) is 16.7 Å². The maximum Gasteiger partial charge on any atom is 0.224 e. The van der Waals surface area contributed by atoms with Crippen molar-refractivity contribution in [2.24, 2.45) is 5.41 Å². The summed E-state index contributed by atoms with van der Waals surface area (Å²) < 4.78 is 5.73. The van der Waals surface area contributed by atoms with Crippen LogP contribution in [0.5, 0.6) is 0 Å². The number of nitrogens with one attached hydrogen (secondary N) is 2. The average molecular weight is 406 g/mol. The van der Waals surface area contributed by atoms with E-state index in [9.17, 15) is 10.4 Å². The molecule has 1 aliphatic rings. The number of aliphatic hydroxyl groups is 1. The standard InChI is InChI=1S/C22H26N6O2/c1-22(2)11-15(7-8-18(22)29)26-20-14(12-23)13-25-21(28-20)24-10-9-19-27-16-5-3-4-6-17(16)30-19/h3-6,13,15,18,29H,7-11H2,1-2H3,(H2,24,25,26,28)/t15-,18+/m1/s1. The van der Waals surface area contributed by atoms with Gasteiger partial charge in [-0.2, -0.15) is 10.2 Å². The van der Waals surface area contributed by atoms with Gasteiger partial charge in [-0.3, -0.25) is 0 Å². The van der Waals surface area contributed by atoms with Crippen LogP contribution in [0.2, 0.25) is 0 Å². The van der Waals surface area contributed by atoms with Crippen LogP contribution in [-0.2, 0) is 6.42 Å². The number of aliphatic hydroxyl groups excluding tert-OH is 1. The highest BCUT2D eigenvalue weighted by atomic mass is 16.3. The summed E-state index contributed by atoms with van der Waals surface area (Å²) in [7, 11) is 0. The quantitative estimate of drug-likeness (QED) is 0.569. The number of benzene rings is 1. The lowest BCUT2D eigenvalue weighted by Gasteiger charge is -2.40. The number of fused-ring (bicyclic) bond motifs is 1. The second-order valence-electron chi connectivity index (χ2n) is 8.45. The predicted molar refractivity (Wildman–Crippen MR) is 114 cm³/mol. The Kier molecular flexibility index (Phi) is 5.55. The van der Waals surface area contributed by atoms with Crippen molar-refractivity contribution in [2.45, 2.75) is 51.7 Å². The molecule has 2 heterocycles. The van der Waals surface area contributed by atoms with Gasteiger partial charge in [0.2, 0.25) is 5.95 Å². The van der Waals surface area contributed by atoms with Crippen molar-refractivity contribution in [3.8, 4) is 6.07 Å². The molecule has 0 amide bonds. The lowest BCUT2D eigenvalue weighted by molar-refractivity contribution is 0.00926. The summed E-state index contributed by atoms with van der Waals surface area (Å²) in [5, 5.41) is 26.2. The molecule has 0 bridgehead atoms. The normalized spacial score (nSPS) is 20.6. The van der Waals surface area contributed by atoms with E-state index >= 15 is 0 Å². The second kappa shape index (κ2) is 8.28. The molecule has 0 aliphatic heterocycles. The molecular weight excluding hydrogens is 380 g/mol. The first-order valence-electron chi connectivity index (χ1n) is 10.2. The van der Waals surface area contributed by atoms with Crippen LogP contribution in [0.25, 0.3) is 11.1 Å². The highest BCUT2D eigenvalue weighted by Crippen LogP contribution is 2.36. The van der Waals surface area contributed by atoms with Crippen molar-refractivity contribution in [3.63, 3.8) is 0 Å². The Hall–Kier alpha value is -3.18. The van der Waals surface area contributed by atoms with Gasteiger partial charge in [0.1, 0.15) is 23.0 Å². The van der Waals surface area contributed by atoms with E-state index in [1.165, 1.54) is 6.20 Å². The zero-order valence-electron chi connectivity index (χ0n) is 17.2. The minimum Gasteiger partial charge on any atom is -0.441 e. The Morgan fingerprint density at radius 3 is 2.87 bits per heavy atom. The van der Waals surface area contributed by atoms with Crippen molar-refractivity contribution >= 4 is 22.9 Å². The van der Waals surface area contributed by atoms with Gasteiger partial charge in [-0.25, -0.2) is 9.97 Å². The zero-order valence-corrected chi connectivity index (χ0v) is 17.2. The third-order valence-corrected chi connectivity index (χ3v) is 5.67. The van der Waals surface area contributed by atoms with Crippen LogP contribution in [0.4, 0.5) is 11.8 Å². The summed E-state index contributed by atoms with van der Waals surface area (Å²) in [4.78, 5) is 13.2. The number of aromatic nitrogens is 3. The summed E-state index contributed by atoms with van der Waals surface area (Å²) in [6.45, 7) is 4.69. The van der Waals surface area contributed by atoms with Crippen LogP contribution >= 0.6 is 0 Å². The first-order valence-corrected chi connectivity index (χ1v) is 10.2. The lowest BCUT2D eigenvalue weighted by atomic mass is 9.73. The number of anilines is 2. The molecule has 8 heteroatoms. The van der Waals surface area contributed by atoms with Crippen LogP contribution in [0.15, 0.2) is 34.9 Å². The second-order valence-corrected chi connectivity index (χ2v) is 8.45. The van der Waals surface area contributed by atoms with E-state index in [4.69, 9.17) is 4.42 Å². The molecule has 1 aromatic carbocycles. The molecule has 156 valence electrons. The van der Waals surface area contributed by atoms with Gasteiger partial charge in [-0.1, -0.05) is 26.0 Å². The molecule has 0 saturated heterocycles. The molecule has 3 N–H and O–H groups in total. The Bertz CT molecular complexity index is 1040. The van der Waals surface area contributed by atoms with Gasteiger partial charge in [-0.05, 0) is 36.8 Å². The number of rotatable bonds is 6. The van der Waals surface area contributed by atoms with Gasteiger partial charge >= 0.3 is 0 Å². The fraction of sp³-hybridized carbons (Fsp3) is 0.455. The number of nitrogens with zero attached hydrogens (tertiary/aromatic N) is 4. The minimum atomic E-state index is -0.305. The number of hydrogen-bond acceptors (Lipinski definition) is 8. The number of oxazole rings is 1. The SMILES string of the molecule is CC1(C)C[C@H](Nc2nc(NCCc3nc4ccccc4o3)ncc2C#N)CC[C@@H]1O. The molecule has 3 aromatic rings. The van der Waals surface area contributed by atoms with Crippen molar-refractivity contribution in [1.29, 1.82) is 5.26 Å². The average Bonchev–Trinajstić information content (AvgIpc) is 3.13. The van der Waals surface area contributed by atoms with E-state index in [2.05, 4.69) is 45.5 Å². The number of hydrogen-bond donors (Lipinski definition) is 3. The Morgan fingerprint density at radius 1 is 1.27 bits per heavy atom. The van der Waals surface area contributed by atoms with Crippen LogP contribution in [-0.4, -0.2) is 38.7 Å². The molecule has 1 aliphatic carbocycles. The topological polar surface area (TPSA) is 120 Å². The molecule has 0 spiro atoms. The van der Waals surface area contributed by atoms with Gasteiger partial charge in [0.05, 0.1) is 12.3 Å². The number of nitriles is 1. The maximum atomic E-state index is 10.2. The van der Waals surface area contributed by atoms with E-state index in [0.717, 1.165) is 30.4 Å². The van der Waals surface area contributed by atoms with Gasteiger partial charge in [-0.15, -0.1) is 0 Å². The Labute approximate surface area is 175 Å². The summed E-state index contributed by atoms with van der Waals surface area (Å²) in [5.41, 5.74) is 1.85. The molecule has 8 nitrogen and oxygen atoms in total. The van der Waals surface area contributed by atoms with Crippen molar-refractivity contribution in [1.82, 2.24) is 15.0 Å². The van der Waals surface area contributed by atoms with E-state index in [-0.39, 0.29) is 17.6 Å². The summed E-state index contributed by atoms with van der Waals surface area (Å²) >= 11 is 0. The largest absolute Gasteiger partial charge is 0.441 e. The van der Waals surface area contributed by atoms with Crippen LogP contribution in [0.3, 0.4) is 0 Å². The zero-order chi connectivity index (χ0) is 21.1. The van der Waals surface area contributed by atoms with Crippen molar-refractivity contribution in [2.75, 3.05) is 17.2 Å². The minimum absolute atomic E-state index is 0.151. The highest BCUT2D eigenvalue weighted by Gasteiger charge is 2.35. The maximum absolute atomic E-state index is 10.2. The summed E-state index contributed by atoms with van der Waals surface area (Å²) in [5.74, 6) is 1.62. The third-order valence-electron chi connectivity index (χ3n) is 5.67. The summed E-state index contributed by atoms with van der Waals surface area (Å²) in [6, 6.07) is 9.97. The Balaban J connectivity index is 1.40. The molecule has 30 heavy (non-hydrogen) atoms. The predicted octanol–water partition coefficient (Wildman–Crippen LogP) is 3.50. The molecular formula is C22H26N6O2. The van der Waals surface area contributed by atoms with E-state index in [0.29, 0.717) is 36.2 Å². The van der Waals surface area contributed by atoms with Gasteiger partial charge in [0.15, 0.2) is 11.5 Å². The monoisotopic (exact) mass is 406 g/mol. The summed E-state index contributed by atoms with van der Waals surface area (Å²) in [6.07, 6.45) is 4.19. The van der Waals surface area contributed by atoms with Crippen LogP contribution < -0.4 is 10.6 Å². The highest BCUT2D eigenvalue weighted by molar-refractivity contribution is 5.72. The molecule has 1 saturated carbocycles. The fourth-order valence-corrected chi connectivity index (χ4v) is 3.91. The van der Waals surface area contributed by atoms with Crippen molar-refractivity contribution < 1.29 is 9.52 Å². The fourth-order valence-electron chi connectivity index (χ4n) is 3.91. The van der Waals surface area contributed by atoms with E-state index in [1.54, 1.807) is 0 Å². The van der Waals surface area contributed by atoms with Gasteiger partial charge in [0.25, 0.3) is 0 Å². The Morgan fingerprint density at radius 2 is 2.10 bits per heavy atom. The smallest absolute Gasteiger partial charge is 0.224 e. The third kappa shape index (κ3) is 4.36. The lowest BCUT2D eigenvalue weighted by Crippen LogP contribution is -2.41. The first kappa shape index (κ1) is 20.1. The van der Waals surface area contributed by atoms with Crippen molar-refractivity contribution in [3.05, 3.63) is 41.9 Å². The van der Waals surface area contributed by atoms with Crippen LogP contribution in [0.1, 0.15) is 44.6 Å². The molecule has 2 atom stereocenters.